The molecule has 0 bridgehead atoms. The quantitative estimate of drug-likeness (QED) is 0.745. The minimum atomic E-state index is 0.681. The summed E-state index contributed by atoms with van der Waals surface area (Å²) in [7, 11) is 0. The molecule has 15 heavy (non-hydrogen) atoms. The Bertz CT molecular complexity index is 178. The summed E-state index contributed by atoms with van der Waals surface area (Å²) in [5, 5.41) is 3.82. The van der Waals surface area contributed by atoms with Crippen molar-refractivity contribution in [2.75, 3.05) is 0 Å². The first-order chi connectivity index (χ1) is 7.04. The van der Waals surface area contributed by atoms with Gasteiger partial charge in [-0.3, -0.25) is 0 Å². The van der Waals surface area contributed by atoms with Crippen LogP contribution in [0.15, 0.2) is 0 Å². The summed E-state index contributed by atoms with van der Waals surface area (Å²) in [6, 6.07) is 1.46. The smallest absolute Gasteiger partial charge is 0.00723 e. The molecule has 5 atom stereocenters. The predicted octanol–water partition coefficient (Wildman–Crippen LogP) is 3.84. The van der Waals surface area contributed by atoms with Crippen molar-refractivity contribution in [3.8, 4) is 0 Å². The summed E-state index contributed by atoms with van der Waals surface area (Å²) < 4.78 is 0. The molecule has 90 valence electrons. The van der Waals surface area contributed by atoms with Crippen LogP contribution in [0.1, 0.15) is 60.3 Å². The Morgan fingerprint density at radius 3 is 2.33 bits per heavy atom. The molecule has 0 aromatic carbocycles. The second kappa shape index (κ2) is 5.89. The zero-order valence-corrected chi connectivity index (χ0v) is 11.2. The van der Waals surface area contributed by atoms with E-state index in [-0.39, 0.29) is 0 Å². The van der Waals surface area contributed by atoms with Gasteiger partial charge >= 0.3 is 0 Å². The van der Waals surface area contributed by atoms with Gasteiger partial charge in [-0.25, -0.2) is 0 Å². The third kappa shape index (κ3) is 3.79. The summed E-state index contributed by atoms with van der Waals surface area (Å²) in [6.07, 6.45) is 5.45. The molecule has 0 aromatic rings. The molecular weight excluding hydrogens is 182 g/mol. The molecule has 1 N–H and O–H groups in total. The van der Waals surface area contributed by atoms with Crippen LogP contribution in [0.25, 0.3) is 0 Å². The Kier molecular flexibility index (Phi) is 5.11. The number of nitrogens with one attached hydrogen (secondary N) is 1. The maximum Gasteiger partial charge on any atom is 0.00723 e. The Morgan fingerprint density at radius 1 is 1.13 bits per heavy atom. The molecular formula is C14H29N. The molecule has 1 saturated carbocycles. The molecule has 0 aromatic heterocycles. The van der Waals surface area contributed by atoms with Gasteiger partial charge in [0.1, 0.15) is 0 Å². The van der Waals surface area contributed by atoms with Crippen LogP contribution >= 0.6 is 0 Å². The average Bonchev–Trinajstić information content (AvgIpc) is 2.22. The SMILES string of the molecule is CCC(C)C(C)NC1CCC(C)C(C)C1. The van der Waals surface area contributed by atoms with Crippen molar-refractivity contribution in [2.24, 2.45) is 17.8 Å². The molecule has 1 aliphatic carbocycles. The maximum absolute atomic E-state index is 3.82. The van der Waals surface area contributed by atoms with Crippen molar-refractivity contribution in [2.45, 2.75) is 72.4 Å². The van der Waals surface area contributed by atoms with E-state index in [9.17, 15) is 0 Å². The minimum Gasteiger partial charge on any atom is -0.311 e. The second-order valence-corrected chi connectivity index (χ2v) is 5.81. The molecule has 1 rings (SSSR count). The zero-order valence-electron chi connectivity index (χ0n) is 11.2. The first kappa shape index (κ1) is 13.0. The summed E-state index contributed by atoms with van der Waals surface area (Å²) >= 11 is 0. The molecule has 1 nitrogen and oxygen atoms in total. The Hall–Kier alpha value is -0.0400. The second-order valence-electron chi connectivity index (χ2n) is 5.81. The predicted molar refractivity (Wildman–Crippen MR) is 68.0 cm³/mol. The molecule has 0 aliphatic heterocycles. The van der Waals surface area contributed by atoms with Gasteiger partial charge in [0.2, 0.25) is 0 Å². The molecule has 1 fully saturated rings. The number of hydrogen-bond donors (Lipinski definition) is 1. The van der Waals surface area contributed by atoms with E-state index in [4.69, 9.17) is 0 Å². The summed E-state index contributed by atoms with van der Waals surface area (Å²) in [5.74, 6) is 2.64. The fourth-order valence-corrected chi connectivity index (χ4v) is 2.59. The van der Waals surface area contributed by atoms with E-state index in [0.29, 0.717) is 6.04 Å². The van der Waals surface area contributed by atoms with Crippen LogP contribution < -0.4 is 5.32 Å². The summed E-state index contributed by atoms with van der Waals surface area (Å²) in [4.78, 5) is 0. The summed E-state index contributed by atoms with van der Waals surface area (Å²) in [6.45, 7) is 11.8. The van der Waals surface area contributed by atoms with Crippen molar-refractivity contribution < 1.29 is 0 Å². The molecule has 0 radical (unpaired) electrons. The van der Waals surface area contributed by atoms with Crippen molar-refractivity contribution in [1.29, 1.82) is 0 Å². The van der Waals surface area contributed by atoms with E-state index in [1.807, 2.05) is 0 Å². The third-order valence-electron chi connectivity index (χ3n) is 4.59. The number of hydrogen-bond acceptors (Lipinski definition) is 1. The van der Waals surface area contributed by atoms with Gasteiger partial charge in [-0.1, -0.05) is 34.1 Å². The van der Waals surface area contributed by atoms with Gasteiger partial charge in [-0.05, 0) is 43.9 Å². The Balaban J connectivity index is 2.33. The highest BCUT2D eigenvalue weighted by molar-refractivity contribution is 4.82. The van der Waals surface area contributed by atoms with Gasteiger partial charge in [0.15, 0.2) is 0 Å². The van der Waals surface area contributed by atoms with Crippen LogP contribution in [0.3, 0.4) is 0 Å². The first-order valence-electron chi connectivity index (χ1n) is 6.80. The lowest BCUT2D eigenvalue weighted by molar-refractivity contribution is 0.205. The van der Waals surface area contributed by atoms with Crippen molar-refractivity contribution >= 4 is 0 Å². The standard InChI is InChI=1S/C14H29N/c1-6-10(2)13(5)15-14-8-7-11(3)12(4)9-14/h10-15H,6-9H2,1-5H3. The molecule has 1 aliphatic rings. The topological polar surface area (TPSA) is 12.0 Å². The van der Waals surface area contributed by atoms with E-state index < -0.39 is 0 Å². The molecule has 1 heteroatoms. The molecule has 0 saturated heterocycles. The van der Waals surface area contributed by atoms with E-state index in [1.54, 1.807) is 0 Å². The maximum atomic E-state index is 3.82. The highest BCUT2D eigenvalue weighted by Gasteiger charge is 2.25. The molecule has 0 amide bonds. The summed E-state index contributed by atoms with van der Waals surface area (Å²) in [5.41, 5.74) is 0. The van der Waals surface area contributed by atoms with Gasteiger partial charge in [-0.2, -0.15) is 0 Å². The molecule has 0 spiro atoms. The van der Waals surface area contributed by atoms with Crippen LogP contribution in [0, 0.1) is 17.8 Å². The van der Waals surface area contributed by atoms with Crippen molar-refractivity contribution in [3.63, 3.8) is 0 Å². The third-order valence-corrected chi connectivity index (χ3v) is 4.59. The van der Waals surface area contributed by atoms with E-state index in [1.165, 1.54) is 25.7 Å². The van der Waals surface area contributed by atoms with Gasteiger partial charge in [0, 0.05) is 12.1 Å². The Labute approximate surface area is 96.0 Å². The van der Waals surface area contributed by atoms with Gasteiger partial charge < -0.3 is 5.32 Å². The van der Waals surface area contributed by atoms with E-state index in [0.717, 1.165) is 23.8 Å². The van der Waals surface area contributed by atoms with Gasteiger partial charge in [-0.15, -0.1) is 0 Å². The largest absolute Gasteiger partial charge is 0.311 e. The van der Waals surface area contributed by atoms with Crippen LogP contribution in [-0.4, -0.2) is 12.1 Å². The fourth-order valence-electron chi connectivity index (χ4n) is 2.59. The highest BCUT2D eigenvalue weighted by atomic mass is 15.0. The van der Waals surface area contributed by atoms with Gasteiger partial charge in [0.05, 0.1) is 0 Å². The average molecular weight is 211 g/mol. The molecule has 0 heterocycles. The Morgan fingerprint density at radius 2 is 1.80 bits per heavy atom. The lowest BCUT2D eigenvalue weighted by atomic mass is 9.78. The van der Waals surface area contributed by atoms with Gasteiger partial charge in [0.25, 0.3) is 0 Å². The lowest BCUT2D eigenvalue weighted by Crippen LogP contribution is -2.43. The van der Waals surface area contributed by atoms with Crippen molar-refractivity contribution in [3.05, 3.63) is 0 Å². The van der Waals surface area contributed by atoms with Crippen molar-refractivity contribution in [1.82, 2.24) is 5.32 Å². The van der Waals surface area contributed by atoms with Crippen LogP contribution in [0.4, 0.5) is 0 Å². The fraction of sp³-hybridized carbons (Fsp3) is 1.00. The highest BCUT2D eigenvalue weighted by Crippen LogP contribution is 2.29. The van der Waals surface area contributed by atoms with E-state index in [2.05, 4.69) is 39.9 Å². The van der Waals surface area contributed by atoms with E-state index >= 15 is 0 Å². The zero-order chi connectivity index (χ0) is 11.4. The first-order valence-corrected chi connectivity index (χ1v) is 6.80. The monoisotopic (exact) mass is 211 g/mol. The van der Waals surface area contributed by atoms with Crippen LogP contribution in [-0.2, 0) is 0 Å². The lowest BCUT2D eigenvalue weighted by Gasteiger charge is -2.35. The number of rotatable bonds is 4. The normalized spacial score (nSPS) is 36.2. The molecule has 5 unspecified atom stereocenters. The van der Waals surface area contributed by atoms with Crippen LogP contribution in [0.5, 0.6) is 0 Å². The minimum absolute atomic E-state index is 0.681. The van der Waals surface area contributed by atoms with Crippen LogP contribution in [0.2, 0.25) is 0 Å².